The zero-order chi connectivity index (χ0) is 38.9. The van der Waals surface area contributed by atoms with E-state index in [1.165, 1.54) is 43.1 Å². The Kier molecular flexibility index (Phi) is 7.47. The van der Waals surface area contributed by atoms with Crippen molar-refractivity contribution in [1.29, 1.82) is 0 Å². The molecular formula is C54H33N5. The van der Waals surface area contributed by atoms with Gasteiger partial charge in [-0.3, -0.25) is 9.55 Å². The third kappa shape index (κ3) is 5.47. The van der Waals surface area contributed by atoms with Crippen LogP contribution in [-0.4, -0.2) is 24.5 Å². The fourth-order valence-corrected chi connectivity index (χ4v) is 8.85. The molecule has 3 aromatic heterocycles. The summed E-state index contributed by atoms with van der Waals surface area (Å²) in [5.74, 6) is 1.52. The highest BCUT2D eigenvalue weighted by molar-refractivity contribution is 6.15. The number of pyridine rings is 1. The van der Waals surface area contributed by atoms with Crippen molar-refractivity contribution in [1.82, 2.24) is 24.5 Å². The predicted octanol–water partition coefficient (Wildman–Crippen LogP) is 13.6. The van der Waals surface area contributed by atoms with Crippen LogP contribution in [0, 0.1) is 0 Å². The van der Waals surface area contributed by atoms with E-state index in [1.54, 1.807) is 6.20 Å². The lowest BCUT2D eigenvalue weighted by Crippen LogP contribution is -2.00. The van der Waals surface area contributed by atoms with Crippen LogP contribution in [0.25, 0.3) is 116 Å². The molecule has 5 heteroatoms. The molecule has 0 radical (unpaired) electrons. The Bertz CT molecular complexity index is 3490. The van der Waals surface area contributed by atoms with Gasteiger partial charge in [0.25, 0.3) is 0 Å². The molecule has 9 aromatic carbocycles. The van der Waals surface area contributed by atoms with Gasteiger partial charge in [-0.1, -0.05) is 133 Å². The van der Waals surface area contributed by atoms with Crippen LogP contribution in [-0.2, 0) is 0 Å². The monoisotopic (exact) mass is 751 g/mol. The maximum absolute atomic E-state index is 5.39. The summed E-state index contributed by atoms with van der Waals surface area (Å²) in [7, 11) is 0. The van der Waals surface area contributed by atoms with Crippen LogP contribution in [0.3, 0.4) is 0 Å². The van der Waals surface area contributed by atoms with Gasteiger partial charge < -0.3 is 0 Å². The average Bonchev–Trinajstić information content (AvgIpc) is 3.70. The molecule has 0 aliphatic rings. The van der Waals surface area contributed by atoms with E-state index < -0.39 is 0 Å². The third-order valence-electron chi connectivity index (χ3n) is 11.7. The molecule has 0 fully saturated rings. The molecule has 0 spiro atoms. The first kappa shape index (κ1) is 33.2. The highest BCUT2D eigenvalue weighted by Crippen LogP contribution is 2.40. The predicted molar refractivity (Wildman–Crippen MR) is 244 cm³/mol. The summed E-state index contributed by atoms with van der Waals surface area (Å²) in [6.07, 6.45) is 3.69. The van der Waals surface area contributed by atoms with Crippen molar-refractivity contribution in [2.45, 2.75) is 0 Å². The fourth-order valence-electron chi connectivity index (χ4n) is 8.85. The molecule has 12 rings (SSSR count). The van der Waals surface area contributed by atoms with E-state index in [0.717, 1.165) is 67.0 Å². The first-order valence-corrected chi connectivity index (χ1v) is 19.9. The molecule has 12 aromatic rings. The summed E-state index contributed by atoms with van der Waals surface area (Å²) in [6.45, 7) is 0. The molecule has 0 aliphatic carbocycles. The van der Waals surface area contributed by atoms with Gasteiger partial charge in [-0.15, -0.1) is 0 Å². The molecule has 0 amide bonds. The third-order valence-corrected chi connectivity index (χ3v) is 11.7. The smallest absolute Gasteiger partial charge is 0.160 e. The number of nitrogens with zero attached hydrogens (tertiary/aromatic N) is 5. The summed E-state index contributed by atoms with van der Waals surface area (Å²) in [6, 6.07) is 66.7. The van der Waals surface area contributed by atoms with E-state index in [0.29, 0.717) is 5.82 Å². The number of hydrogen-bond donors (Lipinski definition) is 0. The zero-order valence-corrected chi connectivity index (χ0v) is 31.8. The summed E-state index contributed by atoms with van der Waals surface area (Å²) in [5, 5.41) is 11.9. The van der Waals surface area contributed by atoms with Gasteiger partial charge in [0.15, 0.2) is 5.82 Å². The Balaban J connectivity index is 1.07. The maximum atomic E-state index is 5.39. The van der Waals surface area contributed by atoms with Crippen molar-refractivity contribution in [2.75, 3.05) is 0 Å². The molecule has 0 N–H and O–H groups in total. The van der Waals surface area contributed by atoms with E-state index in [1.807, 2.05) is 12.3 Å². The molecule has 0 saturated carbocycles. The minimum Gasteiger partial charge on any atom is -0.291 e. The van der Waals surface area contributed by atoms with E-state index >= 15 is 0 Å². The largest absolute Gasteiger partial charge is 0.291 e. The van der Waals surface area contributed by atoms with Crippen molar-refractivity contribution in [3.05, 3.63) is 200 Å². The summed E-state index contributed by atoms with van der Waals surface area (Å²) in [4.78, 5) is 20.4. The second kappa shape index (κ2) is 13.3. The van der Waals surface area contributed by atoms with Crippen molar-refractivity contribution < 1.29 is 0 Å². The number of benzene rings is 9. The number of rotatable bonds is 5. The Hall–Kier alpha value is -8.02. The second-order valence-electron chi connectivity index (χ2n) is 15.1. The van der Waals surface area contributed by atoms with Crippen LogP contribution in [0.4, 0.5) is 0 Å². The lowest BCUT2D eigenvalue weighted by Gasteiger charge is -2.15. The van der Waals surface area contributed by atoms with Crippen LogP contribution in [0.1, 0.15) is 0 Å². The minimum atomic E-state index is 0.658. The number of hydrogen-bond acceptors (Lipinski definition) is 4. The average molecular weight is 752 g/mol. The maximum Gasteiger partial charge on any atom is 0.160 e. The Morgan fingerprint density at radius 1 is 0.373 bits per heavy atom. The topological polar surface area (TPSA) is 56.5 Å². The first-order valence-electron chi connectivity index (χ1n) is 19.9. The Morgan fingerprint density at radius 2 is 0.898 bits per heavy atom. The van der Waals surface area contributed by atoms with E-state index in [4.69, 9.17) is 15.0 Å². The molecule has 3 heterocycles. The van der Waals surface area contributed by atoms with Crippen molar-refractivity contribution in [3.8, 4) is 51.0 Å². The molecule has 0 bridgehead atoms. The van der Waals surface area contributed by atoms with Gasteiger partial charge in [-0.2, -0.15) is 0 Å². The van der Waals surface area contributed by atoms with Gasteiger partial charge >= 0.3 is 0 Å². The second-order valence-corrected chi connectivity index (χ2v) is 15.1. The van der Waals surface area contributed by atoms with Crippen molar-refractivity contribution in [2.24, 2.45) is 0 Å². The molecule has 5 nitrogen and oxygen atoms in total. The van der Waals surface area contributed by atoms with Gasteiger partial charge in [0.1, 0.15) is 5.82 Å². The number of fused-ring (bicyclic) bond motifs is 8. The van der Waals surface area contributed by atoms with Crippen molar-refractivity contribution >= 4 is 64.9 Å². The van der Waals surface area contributed by atoms with Crippen molar-refractivity contribution in [3.63, 3.8) is 0 Å². The molecular weight excluding hydrogens is 719 g/mol. The molecule has 0 atom stereocenters. The SMILES string of the molecule is c1ccc2cc(-c3nc4ccncc4n3-c3ccc(-c4nc(-c5cc6ccccc6c6ccccc56)cc(-c5cc6ccccc6c6ccccc56)n4)cc3)ccc2c1. The Morgan fingerprint density at radius 3 is 1.53 bits per heavy atom. The van der Waals surface area contributed by atoms with Crippen LogP contribution in [0.15, 0.2) is 200 Å². The summed E-state index contributed by atoms with van der Waals surface area (Å²) >= 11 is 0. The lowest BCUT2D eigenvalue weighted by molar-refractivity contribution is 1.10. The molecule has 59 heavy (non-hydrogen) atoms. The zero-order valence-electron chi connectivity index (χ0n) is 31.8. The quantitative estimate of drug-likeness (QED) is 0.164. The van der Waals surface area contributed by atoms with Crippen LogP contribution in [0.2, 0.25) is 0 Å². The van der Waals surface area contributed by atoms with E-state index in [-0.39, 0.29) is 0 Å². The van der Waals surface area contributed by atoms with Crippen LogP contribution < -0.4 is 0 Å². The number of imidazole rings is 1. The molecule has 274 valence electrons. The normalized spacial score (nSPS) is 11.7. The van der Waals surface area contributed by atoms with Crippen LogP contribution >= 0.6 is 0 Å². The Labute approximate surface area is 339 Å². The van der Waals surface area contributed by atoms with E-state index in [9.17, 15) is 0 Å². The summed E-state index contributed by atoms with van der Waals surface area (Å²) < 4.78 is 2.20. The van der Waals surface area contributed by atoms with Gasteiger partial charge in [0.2, 0.25) is 0 Å². The molecule has 0 unspecified atom stereocenters. The minimum absolute atomic E-state index is 0.658. The highest BCUT2D eigenvalue weighted by atomic mass is 15.1. The van der Waals surface area contributed by atoms with Gasteiger partial charge in [-0.25, -0.2) is 15.0 Å². The number of aromatic nitrogens is 5. The van der Waals surface area contributed by atoms with E-state index in [2.05, 4.69) is 192 Å². The summed E-state index contributed by atoms with van der Waals surface area (Å²) in [5.41, 5.74) is 8.65. The lowest BCUT2D eigenvalue weighted by atomic mass is 9.93. The van der Waals surface area contributed by atoms with Crippen LogP contribution in [0.5, 0.6) is 0 Å². The van der Waals surface area contributed by atoms with Gasteiger partial charge in [0, 0.05) is 34.1 Å². The molecule has 0 aliphatic heterocycles. The van der Waals surface area contributed by atoms with Gasteiger partial charge in [0.05, 0.1) is 28.6 Å². The highest BCUT2D eigenvalue weighted by Gasteiger charge is 2.19. The van der Waals surface area contributed by atoms with Gasteiger partial charge in [-0.05, 0) is 108 Å². The molecule has 0 saturated heterocycles. The fraction of sp³-hybridized carbons (Fsp3) is 0. The standard InChI is InChI=1S/C54H33N5/c1-2-12-36-29-39(22-21-34(36)11-1)54-58-49-27-28-55-33-52(49)59(54)40-25-23-35(24-26-40)53-56-50(47-30-37-13-3-5-15-41(37)43-17-7-9-19-45(43)47)32-51(57-53)48-31-38-14-4-6-16-42(38)44-18-8-10-20-46(44)48/h1-33H. The first-order chi connectivity index (χ1) is 29.2.